The highest BCUT2D eigenvalue weighted by atomic mass is 35.5. The number of nitrogens with zero attached hydrogens (tertiary/aromatic N) is 4. The van der Waals surface area contributed by atoms with Gasteiger partial charge in [0.05, 0.1) is 6.54 Å². The maximum Gasteiger partial charge on any atom is 0.147 e. The van der Waals surface area contributed by atoms with Crippen molar-refractivity contribution in [3.8, 4) is 0 Å². The number of hydrogen-bond donors (Lipinski definition) is 1. The molecule has 0 fully saturated rings. The minimum absolute atomic E-state index is 0.760. The van der Waals surface area contributed by atoms with Crippen molar-refractivity contribution >= 4 is 17.3 Å². The number of hydrogen-bond acceptors (Lipinski definition) is 4. The predicted octanol–water partition coefficient (Wildman–Crippen LogP) is 1.86. The van der Waals surface area contributed by atoms with Crippen molar-refractivity contribution < 1.29 is 0 Å². The van der Waals surface area contributed by atoms with E-state index >= 15 is 0 Å². The standard InChI is InChI=1S/C13H16ClN5/c14-11-2-1-3-12(8-11)15-4-5-18-6-7-19-10-16-17-13(19)9-18/h1-3,8,10,15H,4-7,9H2. The summed E-state index contributed by atoms with van der Waals surface area (Å²) in [6.07, 6.45) is 1.80. The highest BCUT2D eigenvalue weighted by Gasteiger charge is 2.16. The van der Waals surface area contributed by atoms with Gasteiger partial charge in [0, 0.05) is 36.9 Å². The molecule has 0 amide bonds. The summed E-state index contributed by atoms with van der Waals surface area (Å²) < 4.78 is 2.11. The first kappa shape index (κ1) is 12.4. The minimum atomic E-state index is 0.760. The Morgan fingerprint density at radius 2 is 2.26 bits per heavy atom. The Labute approximate surface area is 117 Å². The minimum Gasteiger partial charge on any atom is -0.384 e. The van der Waals surface area contributed by atoms with Crippen molar-refractivity contribution in [3.63, 3.8) is 0 Å². The zero-order valence-electron chi connectivity index (χ0n) is 10.6. The van der Waals surface area contributed by atoms with Crippen molar-refractivity contribution in [2.45, 2.75) is 13.1 Å². The lowest BCUT2D eigenvalue weighted by Gasteiger charge is -2.26. The molecule has 1 aromatic heterocycles. The number of anilines is 1. The molecular formula is C13H16ClN5. The Balaban J connectivity index is 1.49. The molecule has 19 heavy (non-hydrogen) atoms. The summed E-state index contributed by atoms with van der Waals surface area (Å²) in [7, 11) is 0. The first-order valence-corrected chi connectivity index (χ1v) is 6.77. The maximum atomic E-state index is 5.95. The Kier molecular flexibility index (Phi) is 3.66. The smallest absolute Gasteiger partial charge is 0.147 e. The second-order valence-electron chi connectivity index (χ2n) is 4.65. The average molecular weight is 278 g/mol. The van der Waals surface area contributed by atoms with Crippen LogP contribution >= 0.6 is 11.6 Å². The Morgan fingerprint density at radius 3 is 3.16 bits per heavy atom. The fraction of sp³-hybridized carbons (Fsp3) is 0.385. The summed E-state index contributed by atoms with van der Waals surface area (Å²) in [6.45, 7) is 4.77. The quantitative estimate of drug-likeness (QED) is 0.927. The lowest BCUT2D eigenvalue weighted by Crippen LogP contribution is -2.36. The summed E-state index contributed by atoms with van der Waals surface area (Å²) in [6, 6.07) is 7.80. The van der Waals surface area contributed by atoms with Crippen LogP contribution in [0.3, 0.4) is 0 Å². The fourth-order valence-corrected chi connectivity index (χ4v) is 2.45. The van der Waals surface area contributed by atoms with Crippen LogP contribution in [-0.2, 0) is 13.1 Å². The van der Waals surface area contributed by atoms with E-state index in [1.54, 1.807) is 6.33 Å². The number of benzene rings is 1. The van der Waals surface area contributed by atoms with Crippen LogP contribution in [-0.4, -0.2) is 39.3 Å². The molecule has 1 aliphatic rings. The van der Waals surface area contributed by atoms with Gasteiger partial charge >= 0.3 is 0 Å². The number of rotatable bonds is 4. The number of aromatic nitrogens is 3. The van der Waals surface area contributed by atoms with Gasteiger partial charge in [-0.25, -0.2) is 0 Å². The van der Waals surface area contributed by atoms with Gasteiger partial charge in [-0.2, -0.15) is 0 Å². The molecule has 0 radical (unpaired) electrons. The van der Waals surface area contributed by atoms with E-state index in [2.05, 4.69) is 25.0 Å². The molecule has 2 heterocycles. The van der Waals surface area contributed by atoms with Crippen molar-refractivity contribution in [2.24, 2.45) is 0 Å². The van der Waals surface area contributed by atoms with Gasteiger partial charge in [-0.1, -0.05) is 17.7 Å². The van der Waals surface area contributed by atoms with Gasteiger partial charge in [0.15, 0.2) is 0 Å². The second kappa shape index (κ2) is 5.59. The van der Waals surface area contributed by atoms with Gasteiger partial charge in [-0.15, -0.1) is 10.2 Å². The third-order valence-electron chi connectivity index (χ3n) is 3.30. The Morgan fingerprint density at radius 1 is 1.32 bits per heavy atom. The van der Waals surface area contributed by atoms with Crippen LogP contribution in [0.25, 0.3) is 0 Å². The topological polar surface area (TPSA) is 46.0 Å². The molecule has 0 aliphatic carbocycles. The highest BCUT2D eigenvalue weighted by molar-refractivity contribution is 6.30. The first-order valence-electron chi connectivity index (χ1n) is 6.40. The molecule has 5 nitrogen and oxygen atoms in total. The third-order valence-corrected chi connectivity index (χ3v) is 3.53. The van der Waals surface area contributed by atoms with Gasteiger partial charge in [0.25, 0.3) is 0 Å². The summed E-state index contributed by atoms with van der Waals surface area (Å²) in [4.78, 5) is 2.38. The molecular weight excluding hydrogens is 262 g/mol. The van der Waals surface area contributed by atoms with E-state index in [0.717, 1.165) is 49.3 Å². The van der Waals surface area contributed by atoms with Crippen LogP contribution in [0.5, 0.6) is 0 Å². The second-order valence-corrected chi connectivity index (χ2v) is 5.09. The fourth-order valence-electron chi connectivity index (χ4n) is 2.26. The van der Waals surface area contributed by atoms with E-state index < -0.39 is 0 Å². The third kappa shape index (κ3) is 3.05. The molecule has 0 atom stereocenters. The van der Waals surface area contributed by atoms with Gasteiger partial charge in [-0.3, -0.25) is 4.90 Å². The van der Waals surface area contributed by atoms with E-state index in [1.165, 1.54) is 0 Å². The lowest BCUT2D eigenvalue weighted by molar-refractivity contribution is 0.225. The normalized spacial score (nSPS) is 15.2. The van der Waals surface area contributed by atoms with E-state index in [0.29, 0.717) is 0 Å². The molecule has 6 heteroatoms. The SMILES string of the molecule is Clc1cccc(NCCN2CCn3cnnc3C2)c1. The summed E-state index contributed by atoms with van der Waals surface area (Å²) in [5, 5.41) is 12.2. The van der Waals surface area contributed by atoms with Crippen molar-refractivity contribution in [1.82, 2.24) is 19.7 Å². The first-order chi connectivity index (χ1) is 9.31. The molecule has 100 valence electrons. The maximum absolute atomic E-state index is 5.95. The van der Waals surface area contributed by atoms with Crippen molar-refractivity contribution in [2.75, 3.05) is 25.0 Å². The predicted molar refractivity (Wildman–Crippen MR) is 75.2 cm³/mol. The van der Waals surface area contributed by atoms with Gasteiger partial charge < -0.3 is 9.88 Å². The number of halogens is 1. The van der Waals surface area contributed by atoms with Crippen LogP contribution in [0.4, 0.5) is 5.69 Å². The zero-order chi connectivity index (χ0) is 13.1. The van der Waals surface area contributed by atoms with Crippen LogP contribution in [0.2, 0.25) is 5.02 Å². The summed E-state index contributed by atoms with van der Waals surface area (Å²) >= 11 is 5.95. The van der Waals surface area contributed by atoms with Crippen molar-refractivity contribution in [1.29, 1.82) is 0 Å². The number of nitrogens with one attached hydrogen (secondary N) is 1. The van der Waals surface area contributed by atoms with Gasteiger partial charge in [0.1, 0.15) is 12.2 Å². The Hall–Kier alpha value is -1.59. The summed E-state index contributed by atoms with van der Waals surface area (Å²) in [5.74, 6) is 1.05. The van der Waals surface area contributed by atoms with E-state index in [4.69, 9.17) is 11.6 Å². The van der Waals surface area contributed by atoms with E-state index in [-0.39, 0.29) is 0 Å². The largest absolute Gasteiger partial charge is 0.384 e. The average Bonchev–Trinajstić information content (AvgIpc) is 2.86. The van der Waals surface area contributed by atoms with Gasteiger partial charge in [-0.05, 0) is 18.2 Å². The molecule has 0 saturated heterocycles. The van der Waals surface area contributed by atoms with Crippen LogP contribution in [0, 0.1) is 0 Å². The monoisotopic (exact) mass is 277 g/mol. The molecule has 0 unspecified atom stereocenters. The molecule has 0 spiro atoms. The van der Waals surface area contributed by atoms with Gasteiger partial charge in [0.2, 0.25) is 0 Å². The van der Waals surface area contributed by atoms with E-state index in [9.17, 15) is 0 Å². The Bertz CT molecular complexity index is 553. The molecule has 1 aromatic carbocycles. The molecule has 1 aliphatic heterocycles. The molecule has 0 bridgehead atoms. The highest BCUT2D eigenvalue weighted by Crippen LogP contribution is 2.15. The molecule has 1 N–H and O–H groups in total. The molecule has 3 rings (SSSR count). The summed E-state index contributed by atoms with van der Waals surface area (Å²) in [5.41, 5.74) is 1.06. The molecule has 2 aromatic rings. The number of fused-ring (bicyclic) bond motifs is 1. The lowest BCUT2D eigenvalue weighted by atomic mass is 10.3. The van der Waals surface area contributed by atoms with Crippen LogP contribution in [0.15, 0.2) is 30.6 Å². The molecule has 0 saturated carbocycles. The van der Waals surface area contributed by atoms with Crippen LogP contribution in [0.1, 0.15) is 5.82 Å². The van der Waals surface area contributed by atoms with Crippen LogP contribution < -0.4 is 5.32 Å². The zero-order valence-corrected chi connectivity index (χ0v) is 11.3. The van der Waals surface area contributed by atoms with E-state index in [1.807, 2.05) is 24.3 Å². The van der Waals surface area contributed by atoms with Crippen molar-refractivity contribution in [3.05, 3.63) is 41.4 Å².